The maximum Gasteiger partial charge on any atom is 0.410 e. The zero-order chi connectivity index (χ0) is 17.7. The van der Waals surface area contributed by atoms with E-state index in [9.17, 15) is 9.59 Å². The van der Waals surface area contributed by atoms with Gasteiger partial charge in [0.15, 0.2) is 0 Å². The molecule has 1 fully saturated rings. The van der Waals surface area contributed by atoms with Gasteiger partial charge < -0.3 is 14.5 Å². The van der Waals surface area contributed by atoms with Crippen molar-refractivity contribution in [3.63, 3.8) is 0 Å². The Morgan fingerprint density at radius 1 is 1.04 bits per heavy atom. The van der Waals surface area contributed by atoms with Gasteiger partial charge in [0, 0.05) is 36.7 Å². The van der Waals surface area contributed by atoms with Gasteiger partial charge in [-0.1, -0.05) is 28.1 Å². The van der Waals surface area contributed by atoms with Crippen molar-refractivity contribution in [2.75, 3.05) is 26.2 Å². The quantitative estimate of drug-likeness (QED) is 0.720. The van der Waals surface area contributed by atoms with E-state index in [0.717, 1.165) is 10.0 Å². The second kappa shape index (κ2) is 7.83. The molecule has 6 heteroatoms. The fraction of sp³-hybridized carbons (Fsp3) is 0.444. The molecule has 2 rings (SSSR count). The van der Waals surface area contributed by atoms with Crippen molar-refractivity contribution in [2.24, 2.45) is 0 Å². The van der Waals surface area contributed by atoms with Gasteiger partial charge in [-0.15, -0.1) is 0 Å². The Bertz CT molecular complexity index is 612. The third-order valence-corrected chi connectivity index (χ3v) is 4.06. The molecule has 1 aromatic carbocycles. The molecule has 0 radical (unpaired) electrons. The summed E-state index contributed by atoms with van der Waals surface area (Å²) in [6.07, 6.45) is 3.06. The molecule has 0 spiro atoms. The van der Waals surface area contributed by atoms with E-state index in [-0.39, 0.29) is 12.0 Å². The average Bonchev–Trinajstić information content (AvgIpc) is 2.52. The van der Waals surface area contributed by atoms with Crippen LogP contribution in [0.25, 0.3) is 6.08 Å². The third kappa shape index (κ3) is 5.67. The largest absolute Gasteiger partial charge is 0.444 e. The van der Waals surface area contributed by atoms with E-state index in [4.69, 9.17) is 4.74 Å². The van der Waals surface area contributed by atoms with Gasteiger partial charge in [-0.3, -0.25) is 4.79 Å². The summed E-state index contributed by atoms with van der Waals surface area (Å²) < 4.78 is 6.36. The highest BCUT2D eigenvalue weighted by molar-refractivity contribution is 9.10. The molecule has 0 bridgehead atoms. The molecular weight excluding hydrogens is 372 g/mol. The second-order valence-corrected chi connectivity index (χ2v) is 7.59. The van der Waals surface area contributed by atoms with Gasteiger partial charge in [0.2, 0.25) is 5.91 Å². The van der Waals surface area contributed by atoms with E-state index < -0.39 is 5.60 Å². The Labute approximate surface area is 151 Å². The van der Waals surface area contributed by atoms with Crippen molar-refractivity contribution in [1.82, 2.24) is 9.80 Å². The van der Waals surface area contributed by atoms with Gasteiger partial charge in [-0.05, 0) is 44.5 Å². The summed E-state index contributed by atoms with van der Waals surface area (Å²) in [4.78, 5) is 27.6. The van der Waals surface area contributed by atoms with Crippen molar-refractivity contribution in [3.8, 4) is 0 Å². The zero-order valence-electron chi connectivity index (χ0n) is 14.3. The summed E-state index contributed by atoms with van der Waals surface area (Å²) in [7, 11) is 0. The smallest absolute Gasteiger partial charge is 0.410 e. The molecule has 24 heavy (non-hydrogen) atoms. The average molecular weight is 395 g/mol. The second-order valence-electron chi connectivity index (χ2n) is 6.68. The van der Waals surface area contributed by atoms with Crippen LogP contribution in [0.5, 0.6) is 0 Å². The van der Waals surface area contributed by atoms with E-state index in [1.54, 1.807) is 22.0 Å². The van der Waals surface area contributed by atoms with Gasteiger partial charge >= 0.3 is 6.09 Å². The standard InChI is InChI=1S/C18H23BrN2O3/c1-18(2,3)24-17(23)21-12-10-20(11-13-21)16(22)9-6-14-4-7-15(19)8-5-14/h4-9H,10-13H2,1-3H3. The number of benzene rings is 1. The van der Waals surface area contributed by atoms with E-state index in [2.05, 4.69) is 15.9 Å². The summed E-state index contributed by atoms with van der Waals surface area (Å²) in [5.41, 5.74) is 0.469. The van der Waals surface area contributed by atoms with Crippen molar-refractivity contribution in [3.05, 3.63) is 40.4 Å². The normalized spacial score (nSPS) is 15.7. The molecule has 130 valence electrons. The fourth-order valence-corrected chi connectivity index (χ4v) is 2.55. The molecule has 1 aliphatic heterocycles. The Morgan fingerprint density at radius 3 is 2.12 bits per heavy atom. The van der Waals surface area contributed by atoms with Crippen molar-refractivity contribution < 1.29 is 14.3 Å². The van der Waals surface area contributed by atoms with Crippen LogP contribution in [0.2, 0.25) is 0 Å². The van der Waals surface area contributed by atoms with Crippen molar-refractivity contribution in [1.29, 1.82) is 0 Å². The summed E-state index contributed by atoms with van der Waals surface area (Å²) in [6, 6.07) is 7.75. The molecule has 0 N–H and O–H groups in total. The molecule has 2 amide bonds. The lowest BCUT2D eigenvalue weighted by Gasteiger charge is -2.35. The Hall–Kier alpha value is -1.82. The lowest BCUT2D eigenvalue weighted by molar-refractivity contribution is -0.127. The van der Waals surface area contributed by atoms with Gasteiger partial charge in [-0.2, -0.15) is 0 Å². The molecule has 1 aliphatic rings. The van der Waals surface area contributed by atoms with Gasteiger partial charge in [0.1, 0.15) is 5.60 Å². The Kier molecular flexibility index (Phi) is 6.04. The van der Waals surface area contributed by atoms with Crippen LogP contribution < -0.4 is 0 Å². The number of ether oxygens (including phenoxy) is 1. The highest BCUT2D eigenvalue weighted by atomic mass is 79.9. The molecule has 0 aromatic heterocycles. The summed E-state index contributed by atoms with van der Waals surface area (Å²) in [5, 5.41) is 0. The number of halogens is 1. The maximum atomic E-state index is 12.2. The first kappa shape index (κ1) is 18.5. The number of carbonyl (C=O) groups is 2. The zero-order valence-corrected chi connectivity index (χ0v) is 15.9. The van der Waals surface area contributed by atoms with E-state index in [1.165, 1.54) is 0 Å². The van der Waals surface area contributed by atoms with Crippen LogP contribution in [0.4, 0.5) is 4.79 Å². The number of nitrogens with zero attached hydrogens (tertiary/aromatic N) is 2. The number of hydrogen-bond acceptors (Lipinski definition) is 3. The minimum absolute atomic E-state index is 0.0400. The molecule has 1 saturated heterocycles. The Balaban J connectivity index is 1.84. The first-order valence-electron chi connectivity index (χ1n) is 7.95. The number of hydrogen-bond donors (Lipinski definition) is 0. The van der Waals surface area contributed by atoms with Crippen molar-refractivity contribution >= 4 is 34.0 Å². The van der Waals surface area contributed by atoms with Gasteiger partial charge in [0.05, 0.1) is 0 Å². The predicted molar refractivity (Wildman–Crippen MR) is 97.6 cm³/mol. The highest BCUT2D eigenvalue weighted by Crippen LogP contribution is 2.13. The molecule has 0 unspecified atom stereocenters. The van der Waals surface area contributed by atoms with Crippen LogP contribution >= 0.6 is 15.9 Å². The van der Waals surface area contributed by atoms with Crippen LogP contribution in [0, 0.1) is 0 Å². The van der Waals surface area contributed by atoms with Gasteiger partial charge in [0.25, 0.3) is 0 Å². The van der Waals surface area contributed by atoms with Crippen molar-refractivity contribution in [2.45, 2.75) is 26.4 Å². The number of carbonyl (C=O) groups excluding carboxylic acids is 2. The van der Waals surface area contributed by atoms with E-state index in [1.807, 2.05) is 45.0 Å². The first-order chi connectivity index (χ1) is 11.2. The molecule has 1 heterocycles. The first-order valence-corrected chi connectivity index (χ1v) is 8.74. The molecular formula is C18H23BrN2O3. The van der Waals surface area contributed by atoms with E-state index in [0.29, 0.717) is 26.2 Å². The monoisotopic (exact) mass is 394 g/mol. The molecule has 5 nitrogen and oxygen atoms in total. The topological polar surface area (TPSA) is 49.9 Å². The summed E-state index contributed by atoms with van der Waals surface area (Å²) >= 11 is 3.38. The lowest BCUT2D eigenvalue weighted by Crippen LogP contribution is -2.51. The molecule has 0 aliphatic carbocycles. The number of rotatable bonds is 2. The number of amides is 2. The molecule has 0 saturated carbocycles. The fourth-order valence-electron chi connectivity index (χ4n) is 2.28. The predicted octanol–water partition coefficient (Wildman–Crippen LogP) is 3.54. The van der Waals surface area contributed by atoms with Crippen LogP contribution in [0.3, 0.4) is 0 Å². The van der Waals surface area contributed by atoms with Crippen LogP contribution in [0.1, 0.15) is 26.3 Å². The Morgan fingerprint density at radius 2 is 1.58 bits per heavy atom. The molecule has 0 atom stereocenters. The van der Waals surface area contributed by atoms with Gasteiger partial charge in [-0.25, -0.2) is 4.79 Å². The summed E-state index contributed by atoms with van der Waals surface area (Å²) in [6.45, 7) is 7.55. The van der Waals surface area contributed by atoms with Crippen LogP contribution in [-0.4, -0.2) is 53.6 Å². The lowest BCUT2D eigenvalue weighted by atomic mass is 10.2. The van der Waals surface area contributed by atoms with Crippen LogP contribution in [-0.2, 0) is 9.53 Å². The van der Waals surface area contributed by atoms with Crippen LogP contribution in [0.15, 0.2) is 34.8 Å². The minimum Gasteiger partial charge on any atom is -0.444 e. The SMILES string of the molecule is CC(C)(C)OC(=O)N1CCN(C(=O)C=Cc2ccc(Br)cc2)CC1. The number of piperazine rings is 1. The maximum absolute atomic E-state index is 12.2. The minimum atomic E-state index is -0.503. The highest BCUT2D eigenvalue weighted by Gasteiger charge is 2.26. The molecule has 1 aromatic rings. The summed E-state index contributed by atoms with van der Waals surface area (Å²) in [5.74, 6) is -0.0400. The van der Waals surface area contributed by atoms with E-state index >= 15 is 0 Å². The third-order valence-electron chi connectivity index (χ3n) is 3.53.